The first-order valence-electron chi connectivity index (χ1n) is 9.09. The Balaban J connectivity index is 1.53. The van der Waals surface area contributed by atoms with E-state index in [0.29, 0.717) is 24.7 Å². The van der Waals surface area contributed by atoms with Gasteiger partial charge < -0.3 is 10.2 Å². The molecule has 146 valence electrons. The Hall–Kier alpha value is -2.62. The largest absolute Gasteiger partial charge is 0.323 e. The molecule has 1 aliphatic rings. The van der Waals surface area contributed by atoms with Crippen molar-refractivity contribution in [1.29, 1.82) is 0 Å². The van der Waals surface area contributed by atoms with E-state index in [1.165, 1.54) is 4.31 Å². The van der Waals surface area contributed by atoms with Crippen LogP contribution < -0.4 is 5.32 Å². The maximum Gasteiger partial charge on any atom is 0.247 e. The number of likely N-dealkylation sites (N-methyl/N-ethyl adjacent to an activating group) is 1. The van der Waals surface area contributed by atoms with E-state index < -0.39 is 10.0 Å². The van der Waals surface area contributed by atoms with Crippen LogP contribution >= 0.6 is 0 Å². The lowest BCUT2D eigenvalue weighted by Gasteiger charge is -2.31. The third-order valence-corrected chi connectivity index (χ3v) is 6.81. The number of para-hydroxylation sites is 1. The van der Waals surface area contributed by atoms with Crippen molar-refractivity contribution in [2.45, 2.75) is 11.8 Å². The topological polar surface area (TPSA) is 91.3 Å². The number of anilines is 2. The molecule has 28 heavy (non-hydrogen) atoms. The Morgan fingerprint density at radius 1 is 0.964 bits per heavy atom. The maximum atomic E-state index is 12.8. The normalized spacial score (nSPS) is 16.4. The van der Waals surface area contributed by atoms with E-state index in [1.807, 2.05) is 32.2 Å². The van der Waals surface area contributed by atoms with Crippen LogP contribution in [0.5, 0.6) is 0 Å². The average Bonchev–Trinajstić information content (AvgIpc) is 2.69. The van der Waals surface area contributed by atoms with Crippen molar-refractivity contribution in [2.75, 3.05) is 38.5 Å². The van der Waals surface area contributed by atoms with Crippen molar-refractivity contribution in [3.8, 4) is 0 Å². The second-order valence-electron chi connectivity index (χ2n) is 6.93. The summed E-state index contributed by atoms with van der Waals surface area (Å²) in [7, 11) is -1.48. The standard InChI is InChI=1S/C19H22N6O2S/c1-14-4-3-5-17-18(14)21-19(23-22-17)20-15-6-8-16(9-7-15)28(26,27)25-12-10-24(2)11-13-25/h3-9H,10-13H2,1-2H3,(H,20,21,23). The molecule has 0 atom stereocenters. The molecular formula is C19H22N6O2S. The van der Waals surface area contributed by atoms with E-state index in [1.54, 1.807) is 24.3 Å². The van der Waals surface area contributed by atoms with Crippen molar-refractivity contribution < 1.29 is 8.42 Å². The van der Waals surface area contributed by atoms with Crippen LogP contribution in [-0.4, -0.2) is 66.0 Å². The van der Waals surface area contributed by atoms with E-state index in [2.05, 4.69) is 25.4 Å². The summed E-state index contributed by atoms with van der Waals surface area (Å²) in [6.07, 6.45) is 0. The zero-order valence-corrected chi connectivity index (χ0v) is 16.6. The summed E-state index contributed by atoms with van der Waals surface area (Å²) in [5.41, 5.74) is 3.24. The molecule has 0 amide bonds. The third kappa shape index (κ3) is 3.68. The number of sulfonamides is 1. The van der Waals surface area contributed by atoms with E-state index in [-0.39, 0.29) is 4.90 Å². The van der Waals surface area contributed by atoms with Crippen molar-refractivity contribution in [1.82, 2.24) is 24.4 Å². The monoisotopic (exact) mass is 398 g/mol. The Bertz CT molecular complexity index is 1090. The number of nitrogens with zero attached hydrogens (tertiary/aromatic N) is 5. The highest BCUT2D eigenvalue weighted by Crippen LogP contribution is 2.22. The van der Waals surface area contributed by atoms with Gasteiger partial charge in [-0.3, -0.25) is 0 Å². The lowest BCUT2D eigenvalue weighted by atomic mass is 10.2. The van der Waals surface area contributed by atoms with Crippen molar-refractivity contribution in [3.63, 3.8) is 0 Å². The Morgan fingerprint density at radius 3 is 2.39 bits per heavy atom. The molecule has 8 nitrogen and oxygen atoms in total. The van der Waals surface area contributed by atoms with E-state index in [0.717, 1.165) is 29.7 Å². The molecule has 1 N–H and O–H groups in total. The summed E-state index contributed by atoms with van der Waals surface area (Å²) >= 11 is 0. The van der Waals surface area contributed by atoms with Crippen LogP contribution in [0.15, 0.2) is 47.4 Å². The number of aromatic nitrogens is 3. The van der Waals surface area contributed by atoms with Crippen LogP contribution in [0.1, 0.15) is 5.56 Å². The minimum atomic E-state index is -3.47. The minimum Gasteiger partial charge on any atom is -0.323 e. The van der Waals surface area contributed by atoms with Gasteiger partial charge in [0, 0.05) is 31.9 Å². The number of nitrogens with one attached hydrogen (secondary N) is 1. The van der Waals surface area contributed by atoms with Gasteiger partial charge in [-0.05, 0) is 49.9 Å². The Kier molecular flexibility index (Phi) is 4.96. The molecule has 1 fully saturated rings. The fourth-order valence-corrected chi connectivity index (χ4v) is 4.59. The second-order valence-corrected chi connectivity index (χ2v) is 8.87. The number of benzene rings is 2. The molecule has 0 aliphatic carbocycles. The molecular weight excluding hydrogens is 376 g/mol. The highest BCUT2D eigenvalue weighted by Gasteiger charge is 2.27. The SMILES string of the molecule is Cc1cccc2nnc(Nc3ccc(S(=O)(=O)N4CCN(C)CC4)cc3)nc12. The first-order chi connectivity index (χ1) is 13.4. The van der Waals surface area contributed by atoms with Gasteiger partial charge in [0.05, 0.1) is 10.4 Å². The summed E-state index contributed by atoms with van der Waals surface area (Å²) < 4.78 is 27.1. The fraction of sp³-hybridized carbons (Fsp3) is 0.316. The van der Waals surface area contributed by atoms with E-state index >= 15 is 0 Å². The zero-order valence-electron chi connectivity index (χ0n) is 15.8. The van der Waals surface area contributed by atoms with E-state index in [9.17, 15) is 8.42 Å². The number of piperazine rings is 1. The van der Waals surface area contributed by atoms with Gasteiger partial charge in [0.25, 0.3) is 0 Å². The van der Waals surface area contributed by atoms with Crippen molar-refractivity contribution in [3.05, 3.63) is 48.0 Å². The summed E-state index contributed by atoms with van der Waals surface area (Å²) in [6, 6.07) is 12.4. The van der Waals surface area contributed by atoms with Crippen molar-refractivity contribution in [2.24, 2.45) is 0 Å². The Labute approximate surface area is 164 Å². The lowest BCUT2D eigenvalue weighted by Crippen LogP contribution is -2.46. The number of fused-ring (bicyclic) bond motifs is 1. The molecule has 1 aliphatic heterocycles. The van der Waals surface area contributed by atoms with Crippen LogP contribution in [0.4, 0.5) is 11.6 Å². The molecule has 9 heteroatoms. The second kappa shape index (κ2) is 7.42. The number of aryl methyl sites for hydroxylation is 1. The highest BCUT2D eigenvalue weighted by molar-refractivity contribution is 7.89. The zero-order chi connectivity index (χ0) is 19.7. The summed E-state index contributed by atoms with van der Waals surface area (Å²) in [5, 5.41) is 11.4. The van der Waals surface area contributed by atoms with Crippen LogP contribution in [-0.2, 0) is 10.0 Å². The van der Waals surface area contributed by atoms with Gasteiger partial charge in [0.1, 0.15) is 5.52 Å². The molecule has 0 saturated carbocycles. The quantitative estimate of drug-likeness (QED) is 0.719. The van der Waals surface area contributed by atoms with Gasteiger partial charge >= 0.3 is 0 Å². The van der Waals surface area contributed by atoms with Crippen LogP contribution in [0.25, 0.3) is 11.0 Å². The number of hydrogen-bond donors (Lipinski definition) is 1. The molecule has 0 spiro atoms. The van der Waals surface area contributed by atoms with Gasteiger partial charge in [-0.1, -0.05) is 12.1 Å². The maximum absolute atomic E-state index is 12.8. The minimum absolute atomic E-state index is 0.288. The smallest absolute Gasteiger partial charge is 0.247 e. The van der Waals surface area contributed by atoms with Gasteiger partial charge in [-0.25, -0.2) is 13.4 Å². The molecule has 0 bridgehead atoms. The van der Waals surface area contributed by atoms with Crippen LogP contribution in [0, 0.1) is 6.92 Å². The molecule has 1 aromatic heterocycles. The van der Waals surface area contributed by atoms with E-state index in [4.69, 9.17) is 0 Å². The molecule has 2 aromatic carbocycles. The Morgan fingerprint density at radius 2 is 1.68 bits per heavy atom. The molecule has 1 saturated heterocycles. The summed E-state index contributed by atoms with van der Waals surface area (Å²) in [4.78, 5) is 6.92. The fourth-order valence-electron chi connectivity index (χ4n) is 3.17. The molecule has 0 unspecified atom stereocenters. The molecule has 4 rings (SSSR count). The first-order valence-corrected chi connectivity index (χ1v) is 10.5. The predicted molar refractivity (Wildman–Crippen MR) is 108 cm³/mol. The van der Waals surface area contributed by atoms with Crippen LogP contribution in [0.2, 0.25) is 0 Å². The molecule has 0 radical (unpaired) electrons. The molecule has 2 heterocycles. The third-order valence-electron chi connectivity index (χ3n) is 4.90. The summed E-state index contributed by atoms with van der Waals surface area (Å²) in [6.45, 7) is 4.47. The number of hydrogen-bond acceptors (Lipinski definition) is 7. The lowest BCUT2D eigenvalue weighted by molar-refractivity contribution is 0.222. The average molecular weight is 398 g/mol. The van der Waals surface area contributed by atoms with Gasteiger partial charge in [0.15, 0.2) is 0 Å². The predicted octanol–water partition coefficient (Wildman–Crippen LogP) is 2.01. The van der Waals surface area contributed by atoms with Gasteiger partial charge in [0.2, 0.25) is 16.0 Å². The van der Waals surface area contributed by atoms with Gasteiger partial charge in [-0.15, -0.1) is 10.2 Å². The highest BCUT2D eigenvalue weighted by atomic mass is 32.2. The van der Waals surface area contributed by atoms with Crippen molar-refractivity contribution >= 4 is 32.7 Å². The first kappa shape index (κ1) is 18.7. The molecule has 3 aromatic rings. The number of rotatable bonds is 4. The van der Waals surface area contributed by atoms with Gasteiger partial charge in [-0.2, -0.15) is 4.31 Å². The van der Waals surface area contributed by atoms with Crippen LogP contribution in [0.3, 0.4) is 0 Å². The summed E-state index contributed by atoms with van der Waals surface area (Å²) in [5.74, 6) is 0.372.